The Labute approximate surface area is 104 Å². The zero-order chi connectivity index (χ0) is 13.2. The molecule has 0 radical (unpaired) electrons. The fourth-order valence-corrected chi connectivity index (χ4v) is 1.70. The van der Waals surface area contributed by atoms with Crippen LogP contribution in [-0.4, -0.2) is 40.2 Å². The predicted octanol–water partition coefficient (Wildman–Crippen LogP) is 0.611. The van der Waals surface area contributed by atoms with Crippen LogP contribution in [0.15, 0.2) is 6.33 Å². The third-order valence-corrected chi connectivity index (χ3v) is 3.17. The van der Waals surface area contributed by atoms with Gasteiger partial charge in [0.25, 0.3) is 0 Å². The van der Waals surface area contributed by atoms with Crippen molar-refractivity contribution in [2.45, 2.75) is 12.8 Å². The Hall–Kier alpha value is -1.96. The van der Waals surface area contributed by atoms with Crippen LogP contribution in [0.2, 0.25) is 0 Å². The van der Waals surface area contributed by atoms with Crippen molar-refractivity contribution < 1.29 is 10.0 Å². The first-order valence-corrected chi connectivity index (χ1v) is 5.64. The van der Waals surface area contributed by atoms with Crippen LogP contribution in [-0.2, 0) is 0 Å². The van der Waals surface area contributed by atoms with Gasteiger partial charge in [0.1, 0.15) is 6.33 Å². The molecule has 0 atom stereocenters. The first-order chi connectivity index (χ1) is 8.62. The second-order valence-corrected chi connectivity index (χ2v) is 4.44. The summed E-state index contributed by atoms with van der Waals surface area (Å²) in [6.07, 6.45) is 3.11. The third-order valence-electron chi connectivity index (χ3n) is 3.17. The molecular weight excluding hydrogens is 238 g/mol. The number of rotatable bonds is 6. The zero-order valence-electron chi connectivity index (χ0n) is 10.0. The average Bonchev–Trinajstić information content (AvgIpc) is 3.16. The molecule has 1 aliphatic rings. The Morgan fingerprint density at radius 2 is 2.17 bits per heavy atom. The Morgan fingerprint density at radius 3 is 2.67 bits per heavy atom. The molecule has 98 valence electrons. The van der Waals surface area contributed by atoms with Crippen molar-refractivity contribution >= 4 is 17.3 Å². The molecule has 1 saturated carbocycles. The maximum Gasteiger partial charge on any atom is 0.353 e. The van der Waals surface area contributed by atoms with Crippen molar-refractivity contribution in [1.82, 2.24) is 9.97 Å². The van der Waals surface area contributed by atoms with Gasteiger partial charge in [0.2, 0.25) is 11.6 Å². The molecule has 1 aliphatic carbocycles. The molecule has 3 N–H and O–H groups in total. The molecule has 0 spiro atoms. The zero-order valence-corrected chi connectivity index (χ0v) is 10.0. The van der Waals surface area contributed by atoms with E-state index in [2.05, 4.69) is 20.6 Å². The van der Waals surface area contributed by atoms with Crippen molar-refractivity contribution in [1.29, 1.82) is 0 Å². The SMILES string of the molecule is CNc1ncnc(NCC2(CO)CC2)c1[N+](=O)[O-]. The number of nitrogens with zero attached hydrogens (tertiary/aromatic N) is 3. The summed E-state index contributed by atoms with van der Waals surface area (Å²) in [5.74, 6) is 0.352. The smallest absolute Gasteiger partial charge is 0.353 e. The van der Waals surface area contributed by atoms with Crippen molar-refractivity contribution in [2.75, 3.05) is 30.8 Å². The summed E-state index contributed by atoms with van der Waals surface area (Å²) in [7, 11) is 1.56. The minimum absolute atomic E-state index is 0.0811. The van der Waals surface area contributed by atoms with Crippen LogP contribution in [0.4, 0.5) is 17.3 Å². The highest BCUT2D eigenvalue weighted by Gasteiger charge is 2.42. The summed E-state index contributed by atoms with van der Waals surface area (Å²) in [5.41, 5.74) is -0.313. The fourth-order valence-electron chi connectivity index (χ4n) is 1.70. The van der Waals surface area contributed by atoms with Gasteiger partial charge >= 0.3 is 5.69 Å². The fraction of sp³-hybridized carbons (Fsp3) is 0.600. The Morgan fingerprint density at radius 1 is 1.50 bits per heavy atom. The monoisotopic (exact) mass is 253 g/mol. The minimum Gasteiger partial charge on any atom is -0.396 e. The van der Waals surface area contributed by atoms with E-state index in [9.17, 15) is 15.2 Å². The predicted molar refractivity (Wildman–Crippen MR) is 65.5 cm³/mol. The molecule has 18 heavy (non-hydrogen) atoms. The van der Waals surface area contributed by atoms with Gasteiger partial charge in [0, 0.05) is 19.0 Å². The molecule has 0 amide bonds. The molecule has 0 aliphatic heterocycles. The third kappa shape index (κ3) is 2.33. The number of hydrogen-bond donors (Lipinski definition) is 3. The maximum atomic E-state index is 11.0. The van der Waals surface area contributed by atoms with Gasteiger partial charge in [0.15, 0.2) is 0 Å². The van der Waals surface area contributed by atoms with Gasteiger partial charge < -0.3 is 15.7 Å². The van der Waals surface area contributed by atoms with E-state index in [0.29, 0.717) is 6.54 Å². The van der Waals surface area contributed by atoms with Crippen molar-refractivity contribution in [3.05, 3.63) is 16.4 Å². The lowest BCUT2D eigenvalue weighted by Gasteiger charge is -2.13. The molecule has 8 heteroatoms. The van der Waals surface area contributed by atoms with Crippen LogP contribution in [0.25, 0.3) is 0 Å². The van der Waals surface area contributed by atoms with E-state index in [4.69, 9.17) is 0 Å². The van der Waals surface area contributed by atoms with E-state index in [1.54, 1.807) is 7.05 Å². The van der Waals surface area contributed by atoms with Crippen LogP contribution < -0.4 is 10.6 Å². The lowest BCUT2D eigenvalue weighted by atomic mass is 10.1. The Bertz CT molecular complexity index is 461. The molecule has 0 saturated heterocycles. The molecule has 0 aromatic carbocycles. The topological polar surface area (TPSA) is 113 Å². The number of aliphatic hydroxyl groups is 1. The van der Waals surface area contributed by atoms with Crippen LogP contribution in [0, 0.1) is 15.5 Å². The number of aliphatic hydroxyl groups excluding tert-OH is 1. The van der Waals surface area contributed by atoms with Crippen molar-refractivity contribution in [2.24, 2.45) is 5.41 Å². The molecular formula is C10H15N5O3. The van der Waals surface area contributed by atoms with Gasteiger partial charge in [-0.1, -0.05) is 0 Å². The van der Waals surface area contributed by atoms with Crippen LogP contribution in [0.5, 0.6) is 0 Å². The number of aromatic nitrogens is 2. The molecule has 1 aromatic heterocycles. The number of anilines is 2. The summed E-state index contributed by atoms with van der Waals surface area (Å²) in [6.45, 7) is 0.558. The standard InChI is InChI=1S/C10H15N5O3/c1-11-8-7(15(17)18)9(14-6-13-8)12-4-10(5-16)2-3-10/h6,16H,2-5H2,1H3,(H2,11,12,13,14). The van der Waals surface area contributed by atoms with Crippen LogP contribution >= 0.6 is 0 Å². The van der Waals surface area contributed by atoms with Gasteiger partial charge in [-0.05, 0) is 12.8 Å². The molecule has 1 fully saturated rings. The van der Waals surface area contributed by atoms with E-state index in [0.717, 1.165) is 12.8 Å². The largest absolute Gasteiger partial charge is 0.396 e. The second kappa shape index (κ2) is 4.73. The van der Waals surface area contributed by atoms with E-state index in [1.165, 1.54) is 6.33 Å². The van der Waals surface area contributed by atoms with Crippen molar-refractivity contribution in [3.63, 3.8) is 0 Å². The summed E-state index contributed by atoms with van der Waals surface area (Å²) < 4.78 is 0. The lowest BCUT2D eigenvalue weighted by molar-refractivity contribution is -0.383. The number of nitrogens with one attached hydrogen (secondary N) is 2. The molecule has 2 rings (SSSR count). The summed E-state index contributed by atoms with van der Waals surface area (Å²) in [6, 6.07) is 0. The first-order valence-electron chi connectivity index (χ1n) is 5.64. The highest BCUT2D eigenvalue weighted by molar-refractivity contribution is 5.69. The minimum atomic E-state index is -0.521. The normalized spacial score (nSPS) is 16.1. The van der Waals surface area contributed by atoms with Crippen molar-refractivity contribution in [3.8, 4) is 0 Å². The van der Waals surface area contributed by atoms with Gasteiger partial charge in [0.05, 0.1) is 11.5 Å². The van der Waals surface area contributed by atoms with E-state index in [-0.39, 0.29) is 29.3 Å². The van der Waals surface area contributed by atoms with Crippen LogP contribution in [0.1, 0.15) is 12.8 Å². The highest BCUT2D eigenvalue weighted by Crippen LogP contribution is 2.45. The van der Waals surface area contributed by atoms with E-state index >= 15 is 0 Å². The lowest BCUT2D eigenvalue weighted by Crippen LogP contribution is -2.20. The molecule has 8 nitrogen and oxygen atoms in total. The molecule has 0 bridgehead atoms. The second-order valence-electron chi connectivity index (χ2n) is 4.44. The van der Waals surface area contributed by atoms with E-state index < -0.39 is 4.92 Å². The quantitative estimate of drug-likeness (QED) is 0.502. The molecule has 0 unspecified atom stereocenters. The summed E-state index contributed by atoms with van der Waals surface area (Å²) in [4.78, 5) is 18.2. The average molecular weight is 253 g/mol. The van der Waals surface area contributed by atoms with E-state index in [1.807, 2.05) is 0 Å². The molecule has 1 heterocycles. The van der Waals surface area contributed by atoms with Gasteiger partial charge in [-0.3, -0.25) is 10.1 Å². The molecule has 1 aromatic rings. The number of nitro groups is 1. The number of hydrogen-bond acceptors (Lipinski definition) is 7. The van der Waals surface area contributed by atoms with Gasteiger partial charge in [-0.15, -0.1) is 0 Å². The maximum absolute atomic E-state index is 11.0. The highest BCUT2D eigenvalue weighted by atomic mass is 16.6. The van der Waals surface area contributed by atoms with Crippen LogP contribution in [0.3, 0.4) is 0 Å². The van der Waals surface area contributed by atoms with Gasteiger partial charge in [-0.2, -0.15) is 0 Å². The Kier molecular flexibility index (Phi) is 3.28. The Balaban J connectivity index is 2.19. The summed E-state index contributed by atoms with van der Waals surface area (Å²) in [5, 5.41) is 25.8. The first kappa shape index (κ1) is 12.5. The summed E-state index contributed by atoms with van der Waals surface area (Å²) >= 11 is 0. The van der Waals surface area contributed by atoms with Gasteiger partial charge in [-0.25, -0.2) is 9.97 Å².